The summed E-state index contributed by atoms with van der Waals surface area (Å²) in [5.74, 6) is 0.525. The first kappa shape index (κ1) is 25.8. The van der Waals surface area contributed by atoms with Gasteiger partial charge in [-0.15, -0.1) is 0 Å². The van der Waals surface area contributed by atoms with E-state index in [9.17, 15) is 14.9 Å². The van der Waals surface area contributed by atoms with Gasteiger partial charge < -0.3 is 10.2 Å². The fraction of sp³-hybridized carbons (Fsp3) is 0.440. The summed E-state index contributed by atoms with van der Waals surface area (Å²) in [6.45, 7) is 14.3. The number of carbonyl (C=O) groups excluding carboxylic acids is 1. The van der Waals surface area contributed by atoms with Crippen molar-refractivity contribution >= 4 is 29.2 Å². The summed E-state index contributed by atoms with van der Waals surface area (Å²) in [4.78, 5) is 25.3. The second-order valence-electron chi connectivity index (χ2n) is 9.14. The fourth-order valence-electron chi connectivity index (χ4n) is 3.45. The maximum Gasteiger partial charge on any atom is 0.270 e. The van der Waals surface area contributed by atoms with Crippen molar-refractivity contribution in [3.05, 3.63) is 63.2 Å². The van der Waals surface area contributed by atoms with Gasteiger partial charge in [0.25, 0.3) is 11.6 Å². The molecule has 1 amide bonds. The zero-order valence-electron chi connectivity index (χ0n) is 20.4. The molecule has 2 rings (SSSR count). The molecule has 33 heavy (non-hydrogen) atoms. The Labute approximate surface area is 196 Å². The molecule has 0 fully saturated rings. The van der Waals surface area contributed by atoms with Crippen molar-refractivity contribution < 1.29 is 9.72 Å². The van der Waals surface area contributed by atoms with Gasteiger partial charge in [0.05, 0.1) is 17.7 Å². The maximum atomic E-state index is 12.2. The molecule has 0 aliphatic carbocycles. The van der Waals surface area contributed by atoms with E-state index >= 15 is 0 Å². The Hall–Kier alpha value is -3.42. The highest BCUT2D eigenvalue weighted by Crippen LogP contribution is 2.26. The van der Waals surface area contributed by atoms with Gasteiger partial charge in [-0.1, -0.05) is 33.8 Å². The maximum absolute atomic E-state index is 12.2. The molecule has 0 unspecified atom stereocenters. The minimum atomic E-state index is -0.428. The third-order valence-corrected chi connectivity index (χ3v) is 5.09. The van der Waals surface area contributed by atoms with Crippen LogP contribution >= 0.6 is 0 Å². The summed E-state index contributed by atoms with van der Waals surface area (Å²) in [5, 5.41) is 18.5. The third kappa shape index (κ3) is 8.21. The van der Waals surface area contributed by atoms with Gasteiger partial charge in [-0.25, -0.2) is 5.43 Å². The molecule has 0 bridgehead atoms. The SMILES string of the molecule is Cc1ccc(NCC(=O)N/N=C\c2cc([N+](=O)[O-])ccc2N(CC(C)C)CC(C)C)cc1C. The lowest BCUT2D eigenvalue weighted by molar-refractivity contribution is -0.384. The quantitative estimate of drug-likeness (QED) is 0.287. The molecule has 0 radical (unpaired) electrons. The molecule has 0 saturated heterocycles. The van der Waals surface area contributed by atoms with Crippen LogP contribution in [-0.4, -0.2) is 36.7 Å². The van der Waals surface area contributed by atoms with Crippen LogP contribution in [0, 0.1) is 35.8 Å². The van der Waals surface area contributed by atoms with E-state index in [0.29, 0.717) is 17.4 Å². The zero-order chi connectivity index (χ0) is 24.5. The van der Waals surface area contributed by atoms with Crippen molar-refractivity contribution in [2.75, 3.05) is 29.9 Å². The standard InChI is InChI=1S/C25H35N5O3/c1-17(2)15-29(16-18(3)4)24-10-9-23(30(32)33)12-21(24)13-27-28-25(31)14-26-22-8-7-19(5)20(6)11-22/h7-13,17-18,26H,14-16H2,1-6H3,(H,28,31)/b27-13-. The normalized spacial score (nSPS) is 11.3. The highest BCUT2D eigenvalue weighted by molar-refractivity contribution is 5.90. The Morgan fingerprint density at radius 2 is 1.73 bits per heavy atom. The average molecular weight is 454 g/mol. The summed E-state index contributed by atoms with van der Waals surface area (Å²) < 4.78 is 0. The number of nitro groups is 1. The van der Waals surface area contributed by atoms with Gasteiger partial charge in [-0.2, -0.15) is 5.10 Å². The summed E-state index contributed by atoms with van der Waals surface area (Å²) in [6.07, 6.45) is 1.48. The second kappa shape index (κ2) is 12.0. The molecule has 0 saturated carbocycles. The number of aryl methyl sites for hydroxylation is 2. The van der Waals surface area contributed by atoms with E-state index in [1.165, 1.54) is 23.9 Å². The highest BCUT2D eigenvalue weighted by Gasteiger charge is 2.17. The first-order valence-electron chi connectivity index (χ1n) is 11.2. The van der Waals surface area contributed by atoms with Gasteiger partial charge in [-0.3, -0.25) is 14.9 Å². The van der Waals surface area contributed by atoms with Crippen LogP contribution in [0.25, 0.3) is 0 Å². The summed E-state index contributed by atoms with van der Waals surface area (Å²) in [7, 11) is 0. The molecular weight excluding hydrogens is 418 g/mol. The van der Waals surface area contributed by atoms with E-state index in [1.54, 1.807) is 6.07 Å². The van der Waals surface area contributed by atoms with E-state index in [4.69, 9.17) is 0 Å². The molecule has 2 N–H and O–H groups in total. The van der Waals surface area contributed by atoms with E-state index in [1.807, 2.05) is 32.0 Å². The van der Waals surface area contributed by atoms with Gasteiger partial charge in [0, 0.05) is 42.2 Å². The van der Waals surface area contributed by atoms with Gasteiger partial charge in [0.2, 0.25) is 0 Å². The van der Waals surface area contributed by atoms with Crippen LogP contribution in [-0.2, 0) is 4.79 Å². The predicted molar refractivity (Wildman–Crippen MR) is 135 cm³/mol. The Morgan fingerprint density at radius 3 is 2.30 bits per heavy atom. The highest BCUT2D eigenvalue weighted by atomic mass is 16.6. The van der Waals surface area contributed by atoms with Crippen molar-refractivity contribution in [1.29, 1.82) is 0 Å². The number of amides is 1. The minimum absolute atomic E-state index is 0.0167. The predicted octanol–water partition coefficient (Wildman–Crippen LogP) is 4.89. The molecule has 0 spiro atoms. The lowest BCUT2D eigenvalue weighted by Crippen LogP contribution is -2.32. The Morgan fingerprint density at radius 1 is 1.06 bits per heavy atom. The molecule has 2 aromatic carbocycles. The van der Waals surface area contributed by atoms with Crippen molar-refractivity contribution in [2.45, 2.75) is 41.5 Å². The third-order valence-electron chi connectivity index (χ3n) is 5.09. The topological polar surface area (TPSA) is 99.9 Å². The summed E-state index contributed by atoms with van der Waals surface area (Å²) >= 11 is 0. The molecule has 0 aliphatic rings. The first-order chi connectivity index (χ1) is 15.6. The average Bonchev–Trinajstić information content (AvgIpc) is 2.73. The number of anilines is 2. The number of rotatable bonds is 11. The Kier molecular flexibility index (Phi) is 9.39. The lowest BCUT2D eigenvalue weighted by Gasteiger charge is -2.29. The first-order valence-corrected chi connectivity index (χ1v) is 11.2. The number of benzene rings is 2. The largest absolute Gasteiger partial charge is 0.376 e. The Balaban J connectivity index is 2.15. The van der Waals surface area contributed by atoms with Crippen molar-refractivity contribution in [3.63, 3.8) is 0 Å². The van der Waals surface area contributed by atoms with Gasteiger partial charge in [0.1, 0.15) is 0 Å². The summed E-state index contributed by atoms with van der Waals surface area (Å²) in [5.41, 5.74) is 7.12. The number of hydrogen-bond acceptors (Lipinski definition) is 6. The molecule has 0 atom stereocenters. The second-order valence-corrected chi connectivity index (χ2v) is 9.14. The van der Waals surface area contributed by atoms with Gasteiger partial charge in [0.15, 0.2) is 0 Å². The van der Waals surface area contributed by atoms with Crippen molar-refractivity contribution in [2.24, 2.45) is 16.9 Å². The number of non-ortho nitro benzene ring substituents is 1. The monoisotopic (exact) mass is 453 g/mol. The van der Waals surface area contributed by atoms with Crippen LogP contribution in [0.15, 0.2) is 41.5 Å². The number of nitro benzene ring substituents is 1. The van der Waals surface area contributed by atoms with Gasteiger partial charge >= 0.3 is 0 Å². The molecule has 0 aromatic heterocycles. The van der Waals surface area contributed by atoms with E-state index in [0.717, 1.165) is 30.0 Å². The smallest absolute Gasteiger partial charge is 0.270 e. The van der Waals surface area contributed by atoms with Crippen LogP contribution in [0.2, 0.25) is 0 Å². The van der Waals surface area contributed by atoms with Crippen LogP contribution in [0.5, 0.6) is 0 Å². The molecule has 178 valence electrons. The summed E-state index contributed by atoms with van der Waals surface area (Å²) in [6, 6.07) is 10.7. The fourth-order valence-corrected chi connectivity index (χ4v) is 3.45. The molecule has 8 heteroatoms. The molecule has 8 nitrogen and oxygen atoms in total. The molecule has 0 aliphatic heterocycles. The lowest BCUT2D eigenvalue weighted by atomic mass is 10.1. The minimum Gasteiger partial charge on any atom is -0.376 e. The van der Waals surface area contributed by atoms with Crippen LogP contribution < -0.4 is 15.6 Å². The van der Waals surface area contributed by atoms with Crippen molar-refractivity contribution in [1.82, 2.24) is 5.43 Å². The number of nitrogens with one attached hydrogen (secondary N) is 2. The van der Waals surface area contributed by atoms with E-state index in [2.05, 4.69) is 48.4 Å². The number of nitrogens with zero attached hydrogens (tertiary/aromatic N) is 3. The number of carbonyl (C=O) groups is 1. The molecular formula is C25H35N5O3. The van der Waals surface area contributed by atoms with E-state index in [-0.39, 0.29) is 18.1 Å². The molecule has 0 heterocycles. The van der Waals surface area contributed by atoms with Crippen LogP contribution in [0.4, 0.5) is 17.1 Å². The Bertz CT molecular complexity index is 992. The van der Waals surface area contributed by atoms with Crippen molar-refractivity contribution in [3.8, 4) is 0 Å². The molecule has 2 aromatic rings. The van der Waals surface area contributed by atoms with Crippen LogP contribution in [0.3, 0.4) is 0 Å². The van der Waals surface area contributed by atoms with Crippen LogP contribution in [0.1, 0.15) is 44.4 Å². The van der Waals surface area contributed by atoms with E-state index < -0.39 is 4.92 Å². The number of hydrazone groups is 1. The number of hydrogen-bond donors (Lipinski definition) is 2. The zero-order valence-corrected chi connectivity index (χ0v) is 20.4. The van der Waals surface area contributed by atoms with Gasteiger partial charge in [-0.05, 0) is 55.0 Å².